The number of rotatable bonds is 10. The summed E-state index contributed by atoms with van der Waals surface area (Å²) < 4.78 is 0. The van der Waals surface area contributed by atoms with E-state index in [2.05, 4.69) is 10.6 Å². The lowest BCUT2D eigenvalue weighted by Crippen LogP contribution is -2.56. The van der Waals surface area contributed by atoms with E-state index in [0.717, 1.165) is 0 Å². The van der Waals surface area contributed by atoms with Gasteiger partial charge in [-0.3, -0.25) is 19.2 Å². The van der Waals surface area contributed by atoms with Gasteiger partial charge >= 0.3 is 11.9 Å². The summed E-state index contributed by atoms with van der Waals surface area (Å²) in [5.41, 5.74) is 5.51. The third-order valence-corrected chi connectivity index (χ3v) is 4.37. The van der Waals surface area contributed by atoms with Gasteiger partial charge in [0.1, 0.15) is 24.2 Å². The number of carboxylic acids is 2. The van der Waals surface area contributed by atoms with Crippen LogP contribution in [0.2, 0.25) is 0 Å². The summed E-state index contributed by atoms with van der Waals surface area (Å²) in [6.45, 7) is 1.07. The lowest BCUT2D eigenvalue weighted by atomic mass is 10.1. The lowest BCUT2D eigenvalue weighted by Gasteiger charge is -2.27. The van der Waals surface area contributed by atoms with E-state index in [9.17, 15) is 24.0 Å². The Morgan fingerprint density at radius 2 is 1.82 bits per heavy atom. The lowest BCUT2D eigenvalue weighted by molar-refractivity contribution is -0.144. The normalized spacial score (nSPS) is 19.4. The van der Waals surface area contributed by atoms with Crippen LogP contribution in [0.3, 0.4) is 0 Å². The molecule has 7 N–H and O–H groups in total. The van der Waals surface area contributed by atoms with Crippen molar-refractivity contribution in [3.63, 3.8) is 0 Å². The van der Waals surface area contributed by atoms with Crippen molar-refractivity contribution in [2.75, 3.05) is 13.2 Å². The molecule has 0 spiro atoms. The highest BCUT2D eigenvalue weighted by Gasteiger charge is 2.37. The molecular weight excluding hydrogens is 376 g/mol. The van der Waals surface area contributed by atoms with Crippen molar-refractivity contribution in [3.8, 4) is 0 Å². The van der Waals surface area contributed by atoms with E-state index < -0.39 is 66.9 Å². The number of likely N-dealkylation sites (tertiary alicyclic amines) is 1. The van der Waals surface area contributed by atoms with Gasteiger partial charge in [-0.25, -0.2) is 4.79 Å². The maximum atomic E-state index is 12.4. The first-order chi connectivity index (χ1) is 13.1. The van der Waals surface area contributed by atoms with Crippen LogP contribution in [0.5, 0.6) is 0 Å². The fourth-order valence-corrected chi connectivity index (χ4v) is 2.79. The molecule has 1 fully saturated rings. The number of aliphatic hydroxyl groups is 1. The summed E-state index contributed by atoms with van der Waals surface area (Å²) in [5, 5.41) is 31.3. The second kappa shape index (κ2) is 10.6. The second-order valence-electron chi connectivity index (χ2n) is 6.54. The van der Waals surface area contributed by atoms with Gasteiger partial charge in [0.2, 0.25) is 17.7 Å². The minimum absolute atomic E-state index is 0.293. The van der Waals surface area contributed by atoms with Gasteiger partial charge in [0.05, 0.1) is 6.61 Å². The minimum atomic E-state index is -1.41. The van der Waals surface area contributed by atoms with Crippen molar-refractivity contribution in [1.29, 1.82) is 0 Å². The van der Waals surface area contributed by atoms with Crippen LogP contribution in [0, 0.1) is 0 Å². The van der Waals surface area contributed by atoms with Gasteiger partial charge < -0.3 is 36.6 Å². The fraction of sp³-hybridized carbons (Fsp3) is 0.688. The van der Waals surface area contributed by atoms with Gasteiger partial charge in [-0.05, 0) is 26.2 Å². The van der Waals surface area contributed by atoms with Crippen LogP contribution < -0.4 is 16.4 Å². The molecule has 158 valence electrons. The van der Waals surface area contributed by atoms with E-state index in [1.807, 2.05) is 0 Å². The van der Waals surface area contributed by atoms with Gasteiger partial charge in [0.25, 0.3) is 0 Å². The number of carbonyl (C=O) groups is 5. The Kier molecular flexibility index (Phi) is 8.79. The van der Waals surface area contributed by atoms with Crippen LogP contribution in [0.25, 0.3) is 0 Å². The minimum Gasteiger partial charge on any atom is -0.481 e. The SMILES string of the molecule is CC(NC(=O)C1CCCN1C(=O)C(N)CO)C(=O)NC(CCC(=O)O)C(=O)O. The van der Waals surface area contributed by atoms with Crippen LogP contribution in [0.15, 0.2) is 0 Å². The predicted molar refractivity (Wildman–Crippen MR) is 93.8 cm³/mol. The van der Waals surface area contributed by atoms with Crippen molar-refractivity contribution >= 4 is 29.7 Å². The van der Waals surface area contributed by atoms with Crippen LogP contribution in [-0.2, 0) is 24.0 Å². The highest BCUT2D eigenvalue weighted by molar-refractivity contribution is 5.94. The Morgan fingerprint density at radius 1 is 1.18 bits per heavy atom. The molecule has 0 aliphatic carbocycles. The van der Waals surface area contributed by atoms with Gasteiger partial charge in [-0.1, -0.05) is 0 Å². The summed E-state index contributed by atoms with van der Waals surface area (Å²) in [6, 6.07) is -4.50. The average molecular weight is 402 g/mol. The van der Waals surface area contributed by atoms with Gasteiger partial charge in [0, 0.05) is 13.0 Å². The smallest absolute Gasteiger partial charge is 0.326 e. The van der Waals surface area contributed by atoms with Crippen molar-refractivity contribution in [1.82, 2.24) is 15.5 Å². The second-order valence-corrected chi connectivity index (χ2v) is 6.54. The molecule has 4 atom stereocenters. The number of amides is 3. The van der Waals surface area contributed by atoms with E-state index in [0.29, 0.717) is 19.4 Å². The quantitative estimate of drug-likeness (QED) is 0.224. The predicted octanol–water partition coefficient (Wildman–Crippen LogP) is -2.76. The van der Waals surface area contributed by atoms with E-state index >= 15 is 0 Å². The van der Waals surface area contributed by atoms with Crippen molar-refractivity contribution in [3.05, 3.63) is 0 Å². The van der Waals surface area contributed by atoms with E-state index in [-0.39, 0.29) is 6.42 Å². The van der Waals surface area contributed by atoms with Crippen LogP contribution in [0.4, 0.5) is 0 Å². The summed E-state index contributed by atoms with van der Waals surface area (Å²) in [5.74, 6) is -4.56. The molecule has 0 bridgehead atoms. The molecule has 4 unspecified atom stereocenters. The highest BCUT2D eigenvalue weighted by atomic mass is 16.4. The van der Waals surface area contributed by atoms with E-state index in [4.69, 9.17) is 21.1 Å². The monoisotopic (exact) mass is 402 g/mol. The fourth-order valence-electron chi connectivity index (χ4n) is 2.79. The first kappa shape index (κ1) is 23.3. The topological polar surface area (TPSA) is 199 Å². The number of nitrogens with zero attached hydrogens (tertiary/aromatic N) is 1. The summed E-state index contributed by atoms with van der Waals surface area (Å²) >= 11 is 0. The molecule has 1 heterocycles. The molecule has 0 aromatic heterocycles. The number of nitrogens with one attached hydrogen (secondary N) is 2. The van der Waals surface area contributed by atoms with Crippen LogP contribution in [-0.4, -0.2) is 87.2 Å². The zero-order valence-corrected chi connectivity index (χ0v) is 15.5. The first-order valence-corrected chi connectivity index (χ1v) is 8.80. The standard InChI is InChI=1S/C16H26N4O8/c1-8(13(24)19-10(16(27)28)4-5-12(22)23)18-14(25)11-3-2-6-20(11)15(26)9(17)7-21/h8-11,21H,2-7,17H2,1H3,(H,18,25)(H,19,24)(H,22,23)(H,27,28). The number of carboxylic acid groups (broad SMARTS) is 2. The van der Waals surface area contributed by atoms with Gasteiger partial charge in [-0.2, -0.15) is 0 Å². The number of carbonyl (C=O) groups excluding carboxylic acids is 3. The van der Waals surface area contributed by atoms with Crippen LogP contribution >= 0.6 is 0 Å². The molecule has 0 aromatic carbocycles. The molecular formula is C16H26N4O8. The van der Waals surface area contributed by atoms with Crippen LogP contribution in [0.1, 0.15) is 32.6 Å². The Bertz CT molecular complexity index is 626. The molecule has 1 rings (SSSR count). The summed E-state index contributed by atoms with van der Waals surface area (Å²) in [6.07, 6.45) is 0.169. The Hall–Kier alpha value is -2.73. The summed E-state index contributed by atoms with van der Waals surface area (Å²) in [7, 11) is 0. The third-order valence-electron chi connectivity index (χ3n) is 4.37. The zero-order valence-electron chi connectivity index (χ0n) is 15.5. The van der Waals surface area contributed by atoms with Gasteiger partial charge in [-0.15, -0.1) is 0 Å². The Balaban J connectivity index is 2.66. The molecule has 12 heteroatoms. The number of aliphatic hydroxyl groups excluding tert-OH is 1. The molecule has 1 aliphatic heterocycles. The van der Waals surface area contributed by atoms with Crippen molar-refractivity contribution < 1.29 is 39.3 Å². The van der Waals surface area contributed by atoms with E-state index in [1.165, 1.54) is 11.8 Å². The molecule has 1 saturated heterocycles. The Labute approximate surface area is 161 Å². The molecule has 0 aromatic rings. The number of nitrogens with two attached hydrogens (primary N) is 1. The third kappa shape index (κ3) is 6.46. The molecule has 1 aliphatic rings. The Morgan fingerprint density at radius 3 is 2.36 bits per heavy atom. The number of hydrogen-bond donors (Lipinski definition) is 6. The molecule has 28 heavy (non-hydrogen) atoms. The molecule has 0 radical (unpaired) electrons. The zero-order chi connectivity index (χ0) is 21.4. The van der Waals surface area contributed by atoms with Crippen molar-refractivity contribution in [2.45, 2.75) is 56.8 Å². The molecule has 0 saturated carbocycles. The number of hydrogen-bond acceptors (Lipinski definition) is 7. The average Bonchev–Trinajstić information content (AvgIpc) is 3.12. The highest BCUT2D eigenvalue weighted by Crippen LogP contribution is 2.18. The molecule has 12 nitrogen and oxygen atoms in total. The summed E-state index contributed by atoms with van der Waals surface area (Å²) in [4.78, 5) is 59.7. The largest absolute Gasteiger partial charge is 0.481 e. The van der Waals surface area contributed by atoms with E-state index in [1.54, 1.807) is 0 Å². The van der Waals surface area contributed by atoms with Gasteiger partial charge in [0.15, 0.2) is 0 Å². The number of aliphatic carboxylic acids is 2. The maximum Gasteiger partial charge on any atom is 0.326 e. The molecule has 3 amide bonds. The van der Waals surface area contributed by atoms with Crippen molar-refractivity contribution in [2.24, 2.45) is 5.73 Å². The maximum absolute atomic E-state index is 12.4. The first-order valence-electron chi connectivity index (χ1n) is 8.80.